The smallest absolute Gasteiger partial charge is 0.300 e. The van der Waals surface area contributed by atoms with E-state index >= 15 is 0 Å². The molecule has 7 heteroatoms. The van der Waals surface area contributed by atoms with Crippen molar-refractivity contribution in [1.82, 2.24) is 4.98 Å². The van der Waals surface area contributed by atoms with E-state index in [0.717, 1.165) is 13.8 Å². The summed E-state index contributed by atoms with van der Waals surface area (Å²) in [5.41, 5.74) is -2.00. The number of alkyl halides is 2. The Morgan fingerprint density at radius 3 is 2.36 bits per heavy atom. The molecular weight excluding hydrogens is 310 g/mol. The molecule has 3 N–H and O–H groups in total. The van der Waals surface area contributed by atoms with Crippen molar-refractivity contribution in [1.29, 1.82) is 0 Å². The highest BCUT2D eigenvalue weighted by Crippen LogP contribution is 2.39. The average Bonchev–Trinajstić information content (AvgIpc) is 2.36. The van der Waals surface area contributed by atoms with Crippen molar-refractivity contribution in [3.05, 3.63) is 29.6 Å². The lowest BCUT2D eigenvalue weighted by Gasteiger charge is -2.30. The number of hydrogen-bond donors (Lipinski definition) is 2. The summed E-state index contributed by atoms with van der Waals surface area (Å²) in [7, 11) is -1.52. The molecule has 0 aliphatic heterocycles. The Kier molecular flexibility index (Phi) is 5.47. The summed E-state index contributed by atoms with van der Waals surface area (Å²) in [5, 5.41) is 15.1. The van der Waals surface area contributed by atoms with Crippen LogP contribution in [0.5, 0.6) is 0 Å². The predicted molar refractivity (Wildman–Crippen MR) is 83.9 cm³/mol. The van der Waals surface area contributed by atoms with Gasteiger partial charge in [-0.3, -0.25) is 10.1 Å². The van der Waals surface area contributed by atoms with Gasteiger partial charge in [0, 0.05) is 17.5 Å². The number of nitrogens with two attached hydrogens (primary N) is 1. The van der Waals surface area contributed by atoms with E-state index in [1.54, 1.807) is 13.8 Å². The molecule has 0 amide bonds. The van der Waals surface area contributed by atoms with Gasteiger partial charge in [-0.05, 0) is 52.2 Å². The summed E-state index contributed by atoms with van der Waals surface area (Å²) in [6.45, 7) is 7.47. The van der Waals surface area contributed by atoms with Crippen LogP contribution in [0, 0.1) is 0 Å². The zero-order valence-corrected chi connectivity index (χ0v) is 14.4. The zero-order chi connectivity index (χ0) is 17.3. The van der Waals surface area contributed by atoms with Crippen LogP contribution in [0.1, 0.15) is 58.2 Å². The first-order chi connectivity index (χ1) is 9.79. The van der Waals surface area contributed by atoms with Crippen molar-refractivity contribution in [2.45, 2.75) is 63.2 Å². The van der Waals surface area contributed by atoms with Gasteiger partial charge < -0.3 is 5.11 Å². The molecule has 1 unspecified atom stereocenters. The lowest BCUT2D eigenvalue weighted by atomic mass is 9.90. The van der Waals surface area contributed by atoms with E-state index in [1.807, 2.05) is 6.92 Å². The fourth-order valence-corrected chi connectivity index (χ4v) is 2.60. The summed E-state index contributed by atoms with van der Waals surface area (Å²) in [6, 6.07) is 2.48. The van der Waals surface area contributed by atoms with Crippen LogP contribution in [0.4, 0.5) is 8.78 Å². The molecule has 4 nitrogen and oxygen atoms in total. The van der Waals surface area contributed by atoms with E-state index in [-0.39, 0.29) is 11.5 Å². The van der Waals surface area contributed by atoms with Crippen molar-refractivity contribution in [3.63, 3.8) is 0 Å². The Morgan fingerprint density at radius 1 is 1.36 bits per heavy atom. The molecule has 1 aromatic rings. The molecule has 0 aliphatic carbocycles. The van der Waals surface area contributed by atoms with Crippen molar-refractivity contribution in [3.8, 4) is 0 Å². The Labute approximate surface area is 132 Å². The molecular formula is C15H24F2N2O2S. The van der Waals surface area contributed by atoms with Crippen LogP contribution in [-0.4, -0.2) is 24.6 Å². The molecule has 0 spiro atoms. The van der Waals surface area contributed by atoms with E-state index in [9.17, 15) is 18.1 Å². The van der Waals surface area contributed by atoms with Crippen LogP contribution < -0.4 is 5.14 Å². The third-order valence-corrected chi connectivity index (χ3v) is 5.02. The van der Waals surface area contributed by atoms with Gasteiger partial charge in [-0.15, -0.1) is 0 Å². The summed E-state index contributed by atoms with van der Waals surface area (Å²) >= 11 is 0. The van der Waals surface area contributed by atoms with Crippen LogP contribution in [0.25, 0.3) is 0 Å². The summed E-state index contributed by atoms with van der Waals surface area (Å²) in [5.74, 6) is -3.59. The molecule has 1 aromatic heterocycles. The highest BCUT2D eigenvalue weighted by molar-refractivity contribution is 7.84. The summed E-state index contributed by atoms with van der Waals surface area (Å²) in [6.07, 6.45) is 1.74. The highest BCUT2D eigenvalue weighted by Gasteiger charge is 2.47. The molecule has 0 saturated carbocycles. The van der Waals surface area contributed by atoms with Gasteiger partial charge in [0.1, 0.15) is 5.60 Å². The van der Waals surface area contributed by atoms with Crippen molar-refractivity contribution >= 4 is 11.0 Å². The van der Waals surface area contributed by atoms with Gasteiger partial charge in [0.25, 0.3) is 0 Å². The minimum atomic E-state index is -3.39. The van der Waals surface area contributed by atoms with Gasteiger partial charge >= 0.3 is 5.92 Å². The van der Waals surface area contributed by atoms with Gasteiger partial charge in [-0.2, -0.15) is 8.78 Å². The van der Waals surface area contributed by atoms with Gasteiger partial charge in [-0.1, -0.05) is 6.92 Å². The van der Waals surface area contributed by atoms with Crippen LogP contribution in [-0.2, 0) is 16.9 Å². The average molecular weight is 334 g/mol. The molecule has 0 radical (unpaired) electrons. The van der Waals surface area contributed by atoms with Crippen LogP contribution in [0.15, 0.2) is 18.3 Å². The number of rotatable bonds is 6. The first-order valence-electron chi connectivity index (χ1n) is 7.02. The normalized spacial score (nSPS) is 16.4. The molecule has 126 valence electrons. The van der Waals surface area contributed by atoms with Gasteiger partial charge in [0.15, 0.2) is 0 Å². The Bertz CT molecular complexity index is 557. The van der Waals surface area contributed by atoms with Crippen LogP contribution in [0.2, 0.25) is 0 Å². The minimum Gasteiger partial charge on any atom is -0.384 e. The third-order valence-electron chi connectivity index (χ3n) is 3.76. The molecule has 22 heavy (non-hydrogen) atoms. The molecule has 0 saturated heterocycles. The standard InChI is InChI=1S/C15H24F2N2O2S/c1-10(9-13(2,3)22(18)21)12-8-11(6-7-19-12)15(16,17)14(4,5)20/h6-8,10,20H,9,18H2,1-5H3/t10-,22?/m1/s1. The fraction of sp³-hybridized carbons (Fsp3) is 0.667. The van der Waals surface area contributed by atoms with Crippen molar-refractivity contribution in [2.75, 3.05) is 0 Å². The lowest BCUT2D eigenvalue weighted by Crippen LogP contribution is -2.40. The molecule has 0 fully saturated rings. The maximum Gasteiger partial charge on any atom is 0.300 e. The maximum atomic E-state index is 14.2. The summed E-state index contributed by atoms with van der Waals surface area (Å²) < 4.78 is 39.3. The SMILES string of the molecule is C[C@H](CC(C)(C)S(N)=O)c1cc(C(F)(F)C(C)(C)O)ccn1. The second kappa shape index (κ2) is 6.29. The Balaban J connectivity index is 3.10. The number of halogens is 2. The molecule has 0 aliphatic rings. The second-order valence-electron chi connectivity index (χ2n) is 6.77. The van der Waals surface area contributed by atoms with Gasteiger partial charge in [-0.25, -0.2) is 4.21 Å². The van der Waals surface area contributed by atoms with Gasteiger partial charge in [0.2, 0.25) is 0 Å². The van der Waals surface area contributed by atoms with E-state index in [0.29, 0.717) is 12.1 Å². The van der Waals surface area contributed by atoms with Crippen molar-refractivity contribution < 1.29 is 18.1 Å². The molecule has 2 atom stereocenters. The van der Waals surface area contributed by atoms with Crippen molar-refractivity contribution in [2.24, 2.45) is 5.14 Å². The lowest BCUT2D eigenvalue weighted by molar-refractivity contribution is -0.168. The first-order valence-corrected chi connectivity index (χ1v) is 8.23. The molecule has 0 bridgehead atoms. The minimum absolute atomic E-state index is 0.194. The Hall–Kier alpha value is -0.920. The number of nitrogens with zero attached hydrogens (tertiary/aromatic N) is 1. The number of hydrogen-bond acceptors (Lipinski definition) is 3. The maximum absolute atomic E-state index is 14.2. The quantitative estimate of drug-likeness (QED) is 0.840. The number of aliphatic hydroxyl groups is 1. The number of pyridine rings is 1. The third kappa shape index (κ3) is 4.08. The summed E-state index contributed by atoms with van der Waals surface area (Å²) in [4.78, 5) is 4.12. The van der Waals surface area contributed by atoms with E-state index in [2.05, 4.69) is 4.98 Å². The number of aromatic nitrogens is 1. The second-order valence-corrected chi connectivity index (χ2v) is 8.47. The molecule has 0 aromatic carbocycles. The Morgan fingerprint density at radius 2 is 1.91 bits per heavy atom. The largest absolute Gasteiger partial charge is 0.384 e. The van der Waals surface area contributed by atoms with E-state index in [4.69, 9.17) is 5.14 Å². The topological polar surface area (TPSA) is 76.2 Å². The monoisotopic (exact) mass is 334 g/mol. The zero-order valence-electron chi connectivity index (χ0n) is 13.6. The molecule has 1 heterocycles. The van der Waals surface area contributed by atoms with Crippen LogP contribution in [0.3, 0.4) is 0 Å². The first kappa shape index (κ1) is 19.1. The molecule has 1 rings (SSSR count). The highest BCUT2D eigenvalue weighted by atomic mass is 32.2. The predicted octanol–water partition coefficient (Wildman–Crippen LogP) is 2.84. The van der Waals surface area contributed by atoms with E-state index in [1.165, 1.54) is 18.3 Å². The van der Waals surface area contributed by atoms with Crippen LogP contribution >= 0.6 is 0 Å². The van der Waals surface area contributed by atoms with E-state index < -0.39 is 27.3 Å². The van der Waals surface area contributed by atoms with Gasteiger partial charge in [0.05, 0.1) is 15.7 Å². The fourth-order valence-electron chi connectivity index (χ4n) is 2.19.